The highest BCUT2D eigenvalue weighted by molar-refractivity contribution is 8.00. The molecule has 0 unspecified atom stereocenters. The molecule has 5 nitrogen and oxygen atoms in total. The zero-order valence-electron chi connectivity index (χ0n) is 8.35. The first-order valence-corrected chi connectivity index (χ1v) is 6.06. The van der Waals surface area contributed by atoms with Crippen LogP contribution in [0.5, 0.6) is 0 Å². The van der Waals surface area contributed by atoms with Gasteiger partial charge in [-0.15, -0.1) is 0 Å². The van der Waals surface area contributed by atoms with E-state index in [1.165, 1.54) is 11.5 Å². The van der Waals surface area contributed by atoms with Crippen LogP contribution in [-0.2, 0) is 6.42 Å². The third-order valence-corrected chi connectivity index (χ3v) is 3.45. The predicted molar refractivity (Wildman–Crippen MR) is 59.8 cm³/mol. The third-order valence-electron chi connectivity index (χ3n) is 1.68. The van der Waals surface area contributed by atoms with E-state index in [1.54, 1.807) is 0 Å². The second-order valence-corrected chi connectivity index (χ2v) is 4.80. The third kappa shape index (κ3) is 2.45. The Kier molecular flexibility index (Phi) is 3.30. The van der Waals surface area contributed by atoms with E-state index in [1.807, 2.05) is 6.92 Å². The summed E-state index contributed by atoms with van der Waals surface area (Å²) in [6.45, 7) is 1.96. The maximum Gasteiger partial charge on any atom is 0.221 e. The number of hydrogen-bond acceptors (Lipinski definition) is 7. The van der Waals surface area contributed by atoms with Crippen molar-refractivity contribution in [2.75, 3.05) is 5.73 Å². The molecule has 0 aromatic carbocycles. The highest BCUT2D eigenvalue weighted by atomic mass is 32.2. The van der Waals surface area contributed by atoms with E-state index >= 15 is 0 Å². The maximum absolute atomic E-state index is 13.3. The van der Waals surface area contributed by atoms with Crippen molar-refractivity contribution in [3.63, 3.8) is 0 Å². The number of nitrogens with zero attached hydrogens (tertiary/aromatic N) is 4. The van der Waals surface area contributed by atoms with Gasteiger partial charge in [0, 0.05) is 6.42 Å². The molecule has 2 N–H and O–H groups in total. The van der Waals surface area contributed by atoms with E-state index in [-0.39, 0.29) is 11.0 Å². The fourth-order valence-corrected chi connectivity index (χ4v) is 2.54. The zero-order valence-corrected chi connectivity index (χ0v) is 9.98. The first-order chi connectivity index (χ1) is 7.69. The smallest absolute Gasteiger partial charge is 0.221 e. The molecule has 0 bridgehead atoms. The largest absolute Gasteiger partial charge is 0.368 e. The summed E-state index contributed by atoms with van der Waals surface area (Å²) in [5.41, 5.74) is 5.38. The van der Waals surface area contributed by atoms with E-state index in [0.717, 1.165) is 30.2 Å². The molecule has 0 spiro atoms. The van der Waals surface area contributed by atoms with Gasteiger partial charge in [-0.05, 0) is 23.3 Å². The van der Waals surface area contributed by atoms with Gasteiger partial charge in [-0.1, -0.05) is 6.92 Å². The lowest BCUT2D eigenvalue weighted by atomic mass is 10.5. The van der Waals surface area contributed by atoms with Crippen LogP contribution in [0.2, 0.25) is 0 Å². The van der Waals surface area contributed by atoms with Crippen molar-refractivity contribution >= 4 is 29.2 Å². The lowest BCUT2D eigenvalue weighted by molar-refractivity contribution is 0.580. The molecule has 2 aromatic heterocycles. The molecular formula is C8H8FN5S2. The number of rotatable bonds is 3. The number of anilines is 1. The molecule has 8 heteroatoms. The second kappa shape index (κ2) is 4.71. The molecule has 0 saturated carbocycles. The SMILES string of the molecule is CCc1nsc(Sc2nc(N)ncc2F)n1. The number of aromatic nitrogens is 4. The van der Waals surface area contributed by atoms with Crippen molar-refractivity contribution in [1.29, 1.82) is 0 Å². The molecule has 0 aliphatic heterocycles. The van der Waals surface area contributed by atoms with Gasteiger partial charge in [0.1, 0.15) is 10.9 Å². The number of aryl methyl sites for hydroxylation is 1. The second-order valence-electron chi connectivity index (χ2n) is 2.81. The number of nitrogen functional groups attached to an aromatic ring is 1. The molecule has 0 aliphatic carbocycles. The Morgan fingerprint density at radius 2 is 2.31 bits per heavy atom. The average Bonchev–Trinajstić information content (AvgIpc) is 2.71. The van der Waals surface area contributed by atoms with Gasteiger partial charge in [-0.25, -0.2) is 19.3 Å². The van der Waals surface area contributed by atoms with Crippen LogP contribution in [0.4, 0.5) is 10.3 Å². The Bertz CT molecular complexity index is 501. The summed E-state index contributed by atoms with van der Waals surface area (Å²) in [4.78, 5) is 11.5. The van der Waals surface area contributed by atoms with Gasteiger partial charge in [0.15, 0.2) is 10.2 Å². The van der Waals surface area contributed by atoms with E-state index in [4.69, 9.17) is 5.73 Å². The molecule has 2 rings (SSSR count). The predicted octanol–water partition coefficient (Wildman–Crippen LogP) is 1.76. The minimum atomic E-state index is -0.507. The van der Waals surface area contributed by atoms with Gasteiger partial charge in [-0.3, -0.25) is 0 Å². The Hall–Kier alpha value is -1.28. The van der Waals surface area contributed by atoms with E-state index in [0.29, 0.717) is 4.34 Å². The molecule has 16 heavy (non-hydrogen) atoms. The van der Waals surface area contributed by atoms with Crippen LogP contribution in [0.25, 0.3) is 0 Å². The van der Waals surface area contributed by atoms with Crippen molar-refractivity contribution < 1.29 is 4.39 Å². The van der Waals surface area contributed by atoms with E-state index in [2.05, 4.69) is 19.3 Å². The first kappa shape index (κ1) is 11.2. The summed E-state index contributed by atoms with van der Waals surface area (Å²) in [7, 11) is 0. The van der Waals surface area contributed by atoms with Crippen LogP contribution in [0.1, 0.15) is 12.7 Å². The standard InChI is InChI=1S/C8H8FN5S2/c1-2-5-12-8(16-14-5)15-6-4(9)3-11-7(10)13-6/h3H,2H2,1H3,(H2,10,11,13). The lowest BCUT2D eigenvalue weighted by Gasteiger charge is -1.98. The van der Waals surface area contributed by atoms with Crippen molar-refractivity contribution in [3.8, 4) is 0 Å². The van der Waals surface area contributed by atoms with Gasteiger partial charge >= 0.3 is 0 Å². The lowest BCUT2D eigenvalue weighted by Crippen LogP contribution is -1.97. The molecule has 0 atom stereocenters. The normalized spacial score (nSPS) is 10.6. The Balaban J connectivity index is 2.22. The average molecular weight is 257 g/mol. The summed E-state index contributed by atoms with van der Waals surface area (Å²) in [5, 5.41) is 0.173. The Morgan fingerprint density at radius 1 is 1.50 bits per heavy atom. The number of hydrogen-bond donors (Lipinski definition) is 1. The molecule has 0 fully saturated rings. The highest BCUT2D eigenvalue weighted by Crippen LogP contribution is 2.29. The molecule has 2 heterocycles. The number of halogens is 1. The van der Waals surface area contributed by atoms with Crippen molar-refractivity contribution in [2.24, 2.45) is 0 Å². The fourth-order valence-electron chi connectivity index (χ4n) is 0.942. The van der Waals surface area contributed by atoms with Crippen molar-refractivity contribution in [2.45, 2.75) is 22.7 Å². The molecule has 2 aromatic rings. The zero-order chi connectivity index (χ0) is 11.5. The summed E-state index contributed by atoms with van der Waals surface area (Å²) < 4.78 is 18.0. The van der Waals surface area contributed by atoms with Crippen molar-refractivity contribution in [3.05, 3.63) is 17.8 Å². The van der Waals surface area contributed by atoms with Crippen LogP contribution in [0.3, 0.4) is 0 Å². The highest BCUT2D eigenvalue weighted by Gasteiger charge is 2.11. The van der Waals surface area contributed by atoms with Gasteiger partial charge in [0.25, 0.3) is 0 Å². The summed E-state index contributed by atoms with van der Waals surface area (Å²) in [6.07, 6.45) is 1.80. The fraction of sp³-hybridized carbons (Fsp3) is 0.250. The molecular weight excluding hydrogens is 249 g/mol. The van der Waals surface area contributed by atoms with Gasteiger partial charge in [-0.2, -0.15) is 4.37 Å². The van der Waals surface area contributed by atoms with Crippen LogP contribution in [-0.4, -0.2) is 19.3 Å². The van der Waals surface area contributed by atoms with Crippen LogP contribution >= 0.6 is 23.3 Å². The maximum atomic E-state index is 13.3. The Labute approximate surface area is 99.5 Å². The molecule has 0 amide bonds. The summed E-state index contributed by atoms with van der Waals surface area (Å²) in [6, 6.07) is 0. The quantitative estimate of drug-likeness (QED) is 0.844. The van der Waals surface area contributed by atoms with Crippen molar-refractivity contribution in [1.82, 2.24) is 19.3 Å². The van der Waals surface area contributed by atoms with Crippen LogP contribution in [0.15, 0.2) is 15.6 Å². The number of nitrogens with two attached hydrogens (primary N) is 1. The summed E-state index contributed by atoms with van der Waals surface area (Å²) >= 11 is 2.32. The van der Waals surface area contributed by atoms with Gasteiger partial charge in [0.05, 0.1) is 6.20 Å². The van der Waals surface area contributed by atoms with Crippen LogP contribution in [0, 0.1) is 5.82 Å². The van der Waals surface area contributed by atoms with Crippen LogP contribution < -0.4 is 5.73 Å². The molecule has 84 valence electrons. The minimum absolute atomic E-state index is 0.0455. The van der Waals surface area contributed by atoms with E-state index in [9.17, 15) is 4.39 Å². The van der Waals surface area contributed by atoms with Gasteiger partial charge in [0.2, 0.25) is 5.95 Å². The molecule has 0 radical (unpaired) electrons. The van der Waals surface area contributed by atoms with E-state index < -0.39 is 5.82 Å². The topological polar surface area (TPSA) is 77.6 Å². The monoisotopic (exact) mass is 257 g/mol. The summed E-state index contributed by atoms with van der Waals surface area (Å²) in [5.74, 6) is 0.284. The minimum Gasteiger partial charge on any atom is -0.368 e. The molecule has 0 saturated heterocycles. The Morgan fingerprint density at radius 3 is 3.00 bits per heavy atom. The first-order valence-electron chi connectivity index (χ1n) is 4.47. The molecule has 0 aliphatic rings. The van der Waals surface area contributed by atoms with Gasteiger partial charge < -0.3 is 5.73 Å².